The molecule has 0 unspecified atom stereocenters. The van der Waals surface area contributed by atoms with E-state index in [4.69, 9.17) is 0 Å². The monoisotopic (exact) mass is 257 g/mol. The average Bonchev–Trinajstić information content (AvgIpc) is 2.38. The molecular weight excluding hydrogens is 230 g/mol. The van der Waals surface area contributed by atoms with E-state index in [9.17, 15) is 0 Å². The standard InChI is InChI=1S/C18H27N/c1-14(2)15-6-8-16(9-7-15)17-10-12-19(13-11-17)18-4-3-5-18/h6-9,14,17-18H,3-5,10-13H2,1-2H3. The van der Waals surface area contributed by atoms with E-state index in [-0.39, 0.29) is 0 Å². The first kappa shape index (κ1) is 13.2. The van der Waals surface area contributed by atoms with Gasteiger partial charge in [0, 0.05) is 6.04 Å². The van der Waals surface area contributed by atoms with Crippen molar-refractivity contribution in [2.24, 2.45) is 0 Å². The van der Waals surface area contributed by atoms with Crippen LogP contribution in [0.25, 0.3) is 0 Å². The Morgan fingerprint density at radius 1 is 0.947 bits per heavy atom. The zero-order valence-corrected chi connectivity index (χ0v) is 12.4. The lowest BCUT2D eigenvalue weighted by Gasteiger charge is -2.42. The first-order valence-electron chi connectivity index (χ1n) is 8.08. The maximum absolute atomic E-state index is 2.74. The van der Waals surface area contributed by atoms with E-state index >= 15 is 0 Å². The Balaban J connectivity index is 1.58. The largest absolute Gasteiger partial charge is 0.300 e. The maximum atomic E-state index is 2.74. The fraction of sp³-hybridized carbons (Fsp3) is 0.667. The Kier molecular flexibility index (Phi) is 3.93. The summed E-state index contributed by atoms with van der Waals surface area (Å²) in [5.74, 6) is 1.45. The predicted molar refractivity (Wildman–Crippen MR) is 81.7 cm³/mol. The lowest BCUT2D eigenvalue weighted by Crippen LogP contribution is -2.44. The summed E-state index contributed by atoms with van der Waals surface area (Å²) < 4.78 is 0. The summed E-state index contributed by atoms with van der Waals surface area (Å²) in [6.07, 6.45) is 7.08. The second kappa shape index (κ2) is 5.66. The number of hydrogen-bond acceptors (Lipinski definition) is 1. The molecule has 19 heavy (non-hydrogen) atoms. The Labute approximate surface area is 118 Å². The highest BCUT2D eigenvalue weighted by atomic mass is 15.2. The lowest BCUT2D eigenvalue weighted by molar-refractivity contribution is 0.0975. The minimum atomic E-state index is 0.648. The van der Waals surface area contributed by atoms with Crippen molar-refractivity contribution in [2.45, 2.75) is 63.8 Å². The predicted octanol–water partition coefficient (Wildman–Crippen LogP) is 4.54. The number of benzene rings is 1. The Hall–Kier alpha value is -0.820. The molecule has 1 heteroatoms. The van der Waals surface area contributed by atoms with Crippen molar-refractivity contribution in [1.82, 2.24) is 4.90 Å². The van der Waals surface area contributed by atoms with Gasteiger partial charge < -0.3 is 4.90 Å². The molecule has 104 valence electrons. The number of nitrogens with zero attached hydrogens (tertiary/aromatic N) is 1. The van der Waals surface area contributed by atoms with Crippen LogP contribution in [0.15, 0.2) is 24.3 Å². The van der Waals surface area contributed by atoms with Crippen LogP contribution in [0.1, 0.15) is 68.9 Å². The van der Waals surface area contributed by atoms with Gasteiger partial charge in [0.15, 0.2) is 0 Å². The summed E-state index contributed by atoms with van der Waals surface area (Å²) in [6.45, 7) is 7.18. The fourth-order valence-corrected chi connectivity index (χ4v) is 3.50. The van der Waals surface area contributed by atoms with Crippen molar-refractivity contribution in [1.29, 1.82) is 0 Å². The molecule has 0 radical (unpaired) electrons. The van der Waals surface area contributed by atoms with Crippen LogP contribution in [-0.2, 0) is 0 Å². The highest BCUT2D eigenvalue weighted by Gasteiger charge is 2.29. The van der Waals surface area contributed by atoms with Gasteiger partial charge in [0.1, 0.15) is 0 Å². The summed E-state index contributed by atoms with van der Waals surface area (Å²) in [5.41, 5.74) is 3.04. The SMILES string of the molecule is CC(C)c1ccc(C2CCN(C3CCC3)CC2)cc1. The zero-order valence-electron chi connectivity index (χ0n) is 12.4. The molecule has 1 aromatic rings. The molecule has 0 amide bonds. The van der Waals surface area contributed by atoms with E-state index in [1.165, 1.54) is 50.8 Å². The highest BCUT2D eigenvalue weighted by molar-refractivity contribution is 5.27. The molecule has 2 fully saturated rings. The second-order valence-corrected chi connectivity index (χ2v) is 6.72. The molecule has 0 atom stereocenters. The van der Waals surface area contributed by atoms with Gasteiger partial charge in [-0.05, 0) is 61.7 Å². The van der Waals surface area contributed by atoms with Crippen LogP contribution in [0.4, 0.5) is 0 Å². The van der Waals surface area contributed by atoms with Crippen LogP contribution in [-0.4, -0.2) is 24.0 Å². The van der Waals surface area contributed by atoms with Gasteiger partial charge in [0.2, 0.25) is 0 Å². The molecule has 3 rings (SSSR count). The maximum Gasteiger partial charge on any atom is 0.00952 e. The summed E-state index contributed by atoms with van der Waals surface area (Å²) in [4.78, 5) is 2.74. The minimum absolute atomic E-state index is 0.648. The molecule has 0 bridgehead atoms. The molecule has 0 N–H and O–H groups in total. The van der Waals surface area contributed by atoms with Crippen molar-refractivity contribution < 1.29 is 0 Å². The molecule has 1 saturated heterocycles. The Morgan fingerprint density at radius 3 is 2.05 bits per heavy atom. The average molecular weight is 257 g/mol. The third-order valence-electron chi connectivity index (χ3n) is 5.20. The molecule has 1 aliphatic carbocycles. The summed E-state index contributed by atoms with van der Waals surface area (Å²) in [6, 6.07) is 10.3. The van der Waals surface area contributed by atoms with Crippen molar-refractivity contribution in [3.63, 3.8) is 0 Å². The molecule has 1 saturated carbocycles. The summed E-state index contributed by atoms with van der Waals surface area (Å²) in [5, 5.41) is 0. The second-order valence-electron chi connectivity index (χ2n) is 6.72. The van der Waals surface area contributed by atoms with Crippen LogP contribution < -0.4 is 0 Å². The van der Waals surface area contributed by atoms with E-state index in [0.29, 0.717) is 5.92 Å². The molecule has 1 nitrogen and oxygen atoms in total. The number of hydrogen-bond donors (Lipinski definition) is 0. The Bertz CT molecular complexity index is 394. The van der Waals surface area contributed by atoms with Gasteiger partial charge in [-0.25, -0.2) is 0 Å². The summed E-state index contributed by atoms with van der Waals surface area (Å²) in [7, 11) is 0. The molecule has 0 aromatic heterocycles. The van der Waals surface area contributed by atoms with Gasteiger partial charge >= 0.3 is 0 Å². The van der Waals surface area contributed by atoms with Crippen LogP contribution in [0, 0.1) is 0 Å². The van der Waals surface area contributed by atoms with Gasteiger partial charge in [-0.1, -0.05) is 44.5 Å². The van der Waals surface area contributed by atoms with Crippen molar-refractivity contribution >= 4 is 0 Å². The number of piperidine rings is 1. The number of rotatable bonds is 3. The van der Waals surface area contributed by atoms with Gasteiger partial charge in [-0.2, -0.15) is 0 Å². The van der Waals surface area contributed by atoms with Gasteiger partial charge in [-0.3, -0.25) is 0 Å². The van der Waals surface area contributed by atoms with Crippen molar-refractivity contribution in [3.8, 4) is 0 Å². The van der Waals surface area contributed by atoms with E-state index in [1.54, 1.807) is 5.56 Å². The molecule has 1 aromatic carbocycles. The topological polar surface area (TPSA) is 3.24 Å². The quantitative estimate of drug-likeness (QED) is 0.768. The van der Waals surface area contributed by atoms with Crippen LogP contribution >= 0.6 is 0 Å². The molecule has 1 heterocycles. The normalized spacial score (nSPS) is 22.7. The van der Waals surface area contributed by atoms with E-state index in [1.807, 2.05) is 0 Å². The smallest absolute Gasteiger partial charge is 0.00952 e. The Morgan fingerprint density at radius 2 is 1.58 bits per heavy atom. The van der Waals surface area contributed by atoms with Gasteiger partial charge in [-0.15, -0.1) is 0 Å². The van der Waals surface area contributed by atoms with Gasteiger partial charge in [0.25, 0.3) is 0 Å². The first-order chi connectivity index (χ1) is 9.24. The third-order valence-corrected chi connectivity index (χ3v) is 5.20. The highest BCUT2D eigenvalue weighted by Crippen LogP contribution is 2.33. The number of likely N-dealkylation sites (tertiary alicyclic amines) is 1. The molecule has 0 spiro atoms. The van der Waals surface area contributed by atoms with Crippen LogP contribution in [0.3, 0.4) is 0 Å². The van der Waals surface area contributed by atoms with Crippen molar-refractivity contribution in [3.05, 3.63) is 35.4 Å². The lowest BCUT2D eigenvalue weighted by atomic mass is 9.85. The fourth-order valence-electron chi connectivity index (χ4n) is 3.50. The zero-order chi connectivity index (χ0) is 13.2. The van der Waals surface area contributed by atoms with E-state index < -0.39 is 0 Å². The minimum Gasteiger partial charge on any atom is -0.300 e. The van der Waals surface area contributed by atoms with E-state index in [2.05, 4.69) is 43.0 Å². The van der Waals surface area contributed by atoms with Crippen LogP contribution in [0.5, 0.6) is 0 Å². The molecular formula is C18H27N. The van der Waals surface area contributed by atoms with Gasteiger partial charge in [0.05, 0.1) is 0 Å². The molecule has 1 aliphatic heterocycles. The third kappa shape index (κ3) is 2.86. The summed E-state index contributed by atoms with van der Waals surface area (Å²) >= 11 is 0. The van der Waals surface area contributed by atoms with Crippen molar-refractivity contribution in [2.75, 3.05) is 13.1 Å². The first-order valence-corrected chi connectivity index (χ1v) is 8.08. The van der Waals surface area contributed by atoms with Crippen LogP contribution in [0.2, 0.25) is 0 Å². The van der Waals surface area contributed by atoms with E-state index in [0.717, 1.165) is 12.0 Å². The molecule has 2 aliphatic rings.